The van der Waals surface area contributed by atoms with Gasteiger partial charge in [0.1, 0.15) is 0 Å². The van der Waals surface area contributed by atoms with Gasteiger partial charge in [0, 0.05) is 31.2 Å². The van der Waals surface area contributed by atoms with E-state index in [0.717, 1.165) is 30.3 Å². The lowest BCUT2D eigenvalue weighted by molar-refractivity contribution is -0.116. The molecule has 2 rings (SSSR count). The predicted molar refractivity (Wildman–Crippen MR) is 87.0 cm³/mol. The predicted octanol–water partition coefficient (Wildman–Crippen LogP) is 2.59. The molecule has 1 aromatic carbocycles. The van der Waals surface area contributed by atoms with E-state index in [4.69, 9.17) is 5.73 Å². The second kappa shape index (κ2) is 7.57. The first-order valence-corrected chi connectivity index (χ1v) is 7.91. The number of hydrogen-bond donors (Lipinski definition) is 2. The number of nitrogens with two attached hydrogens (primary N) is 1. The van der Waals surface area contributed by atoms with Crippen molar-refractivity contribution in [3.8, 4) is 0 Å². The van der Waals surface area contributed by atoms with Crippen molar-refractivity contribution in [3.63, 3.8) is 0 Å². The molecular formula is C17H27N3O. The van der Waals surface area contributed by atoms with Gasteiger partial charge < -0.3 is 16.0 Å². The third kappa shape index (κ3) is 4.83. The van der Waals surface area contributed by atoms with Crippen LogP contribution in [0.5, 0.6) is 0 Å². The van der Waals surface area contributed by atoms with Crippen LogP contribution in [0, 0.1) is 5.92 Å². The summed E-state index contributed by atoms with van der Waals surface area (Å²) in [4.78, 5) is 14.5. The van der Waals surface area contributed by atoms with E-state index in [1.807, 2.05) is 24.3 Å². The Morgan fingerprint density at radius 2 is 2.24 bits per heavy atom. The Morgan fingerprint density at radius 1 is 1.43 bits per heavy atom. The molecule has 0 aliphatic carbocycles. The number of piperidine rings is 1. The molecule has 1 amide bonds. The van der Waals surface area contributed by atoms with Gasteiger partial charge in [-0.25, -0.2) is 0 Å². The quantitative estimate of drug-likeness (QED) is 0.876. The third-order valence-electron chi connectivity index (χ3n) is 4.35. The van der Waals surface area contributed by atoms with Crippen LogP contribution < -0.4 is 11.1 Å². The fraction of sp³-hybridized carbons (Fsp3) is 0.588. The third-order valence-corrected chi connectivity index (χ3v) is 4.35. The zero-order valence-electron chi connectivity index (χ0n) is 13.1. The molecule has 0 bridgehead atoms. The first-order valence-electron chi connectivity index (χ1n) is 7.91. The van der Waals surface area contributed by atoms with Crippen LogP contribution in [-0.4, -0.2) is 29.9 Å². The fourth-order valence-electron chi connectivity index (χ4n) is 3.03. The van der Waals surface area contributed by atoms with Gasteiger partial charge >= 0.3 is 0 Å². The average molecular weight is 289 g/mol. The van der Waals surface area contributed by atoms with Gasteiger partial charge in [-0.2, -0.15) is 0 Å². The minimum Gasteiger partial charge on any atom is -0.326 e. The van der Waals surface area contributed by atoms with Crippen LogP contribution in [0.15, 0.2) is 24.3 Å². The number of rotatable bonds is 5. The molecule has 0 radical (unpaired) electrons. The van der Waals surface area contributed by atoms with Gasteiger partial charge in [-0.3, -0.25) is 4.79 Å². The van der Waals surface area contributed by atoms with E-state index in [1.54, 1.807) is 0 Å². The van der Waals surface area contributed by atoms with Crippen molar-refractivity contribution in [2.45, 2.75) is 45.7 Å². The van der Waals surface area contributed by atoms with Crippen LogP contribution in [0.3, 0.4) is 0 Å². The molecule has 21 heavy (non-hydrogen) atoms. The van der Waals surface area contributed by atoms with E-state index in [1.165, 1.54) is 12.8 Å². The van der Waals surface area contributed by atoms with Crippen molar-refractivity contribution in [1.29, 1.82) is 0 Å². The van der Waals surface area contributed by atoms with Crippen molar-refractivity contribution >= 4 is 11.6 Å². The van der Waals surface area contributed by atoms with Crippen LogP contribution >= 0.6 is 0 Å². The van der Waals surface area contributed by atoms with Crippen LogP contribution in [0.25, 0.3) is 0 Å². The van der Waals surface area contributed by atoms with E-state index in [0.29, 0.717) is 19.0 Å². The number of likely N-dealkylation sites (tertiary alicyclic amines) is 1. The largest absolute Gasteiger partial charge is 0.326 e. The van der Waals surface area contributed by atoms with E-state index in [2.05, 4.69) is 24.1 Å². The van der Waals surface area contributed by atoms with Crippen molar-refractivity contribution in [2.75, 3.05) is 18.4 Å². The Balaban J connectivity index is 1.79. The highest BCUT2D eigenvalue weighted by Gasteiger charge is 2.22. The maximum atomic E-state index is 12.1. The highest BCUT2D eigenvalue weighted by molar-refractivity contribution is 5.90. The van der Waals surface area contributed by atoms with E-state index >= 15 is 0 Å². The molecule has 1 aliphatic rings. The number of carbonyl (C=O) groups is 1. The molecule has 1 saturated heterocycles. The zero-order chi connectivity index (χ0) is 15.2. The summed E-state index contributed by atoms with van der Waals surface area (Å²) < 4.78 is 0. The zero-order valence-corrected chi connectivity index (χ0v) is 13.1. The fourth-order valence-corrected chi connectivity index (χ4v) is 3.03. The van der Waals surface area contributed by atoms with E-state index in [9.17, 15) is 4.79 Å². The molecular weight excluding hydrogens is 262 g/mol. The molecule has 2 atom stereocenters. The second-order valence-corrected chi connectivity index (χ2v) is 6.22. The summed E-state index contributed by atoms with van der Waals surface area (Å²) in [6.45, 7) is 7.02. The maximum Gasteiger partial charge on any atom is 0.225 e. The smallest absolute Gasteiger partial charge is 0.225 e. The number of anilines is 1. The molecule has 0 aromatic heterocycles. The Hall–Kier alpha value is -1.39. The van der Waals surface area contributed by atoms with Crippen molar-refractivity contribution in [2.24, 2.45) is 11.7 Å². The molecule has 3 N–H and O–H groups in total. The number of hydrogen-bond acceptors (Lipinski definition) is 3. The van der Waals surface area contributed by atoms with Crippen molar-refractivity contribution in [3.05, 3.63) is 29.8 Å². The summed E-state index contributed by atoms with van der Waals surface area (Å²) in [6.07, 6.45) is 3.02. The highest BCUT2D eigenvalue weighted by Crippen LogP contribution is 2.22. The molecule has 2 unspecified atom stereocenters. The molecule has 116 valence electrons. The normalized spacial score (nSPS) is 23.0. The Kier molecular flexibility index (Phi) is 5.76. The van der Waals surface area contributed by atoms with Crippen LogP contribution in [0.4, 0.5) is 5.69 Å². The monoisotopic (exact) mass is 289 g/mol. The Morgan fingerprint density at radius 3 is 2.95 bits per heavy atom. The van der Waals surface area contributed by atoms with Gasteiger partial charge in [0.25, 0.3) is 0 Å². The average Bonchev–Trinajstić information content (AvgIpc) is 2.46. The van der Waals surface area contributed by atoms with Gasteiger partial charge in [-0.1, -0.05) is 19.1 Å². The standard InChI is InChI=1S/C17H27N3O/c1-13-6-8-20(14(2)10-13)9-7-17(21)19-16-5-3-4-15(11-16)12-18/h3-5,11,13-14H,6-10,12,18H2,1-2H3,(H,19,21). The summed E-state index contributed by atoms with van der Waals surface area (Å²) in [7, 11) is 0. The van der Waals surface area contributed by atoms with Crippen LogP contribution in [0.2, 0.25) is 0 Å². The molecule has 4 nitrogen and oxygen atoms in total. The second-order valence-electron chi connectivity index (χ2n) is 6.22. The highest BCUT2D eigenvalue weighted by atomic mass is 16.1. The minimum atomic E-state index is 0.0787. The van der Waals surface area contributed by atoms with Gasteiger partial charge in [-0.15, -0.1) is 0 Å². The maximum absolute atomic E-state index is 12.1. The van der Waals surface area contributed by atoms with Gasteiger partial charge in [-0.05, 0) is 49.9 Å². The number of nitrogens with zero attached hydrogens (tertiary/aromatic N) is 1. The number of amides is 1. The lowest BCUT2D eigenvalue weighted by Crippen LogP contribution is -2.41. The van der Waals surface area contributed by atoms with Crippen molar-refractivity contribution in [1.82, 2.24) is 4.90 Å². The van der Waals surface area contributed by atoms with Crippen molar-refractivity contribution < 1.29 is 4.79 Å². The molecule has 0 spiro atoms. The van der Waals surface area contributed by atoms with Crippen LogP contribution in [-0.2, 0) is 11.3 Å². The molecule has 1 heterocycles. The number of nitrogens with one attached hydrogen (secondary N) is 1. The molecule has 1 aliphatic heterocycles. The lowest BCUT2D eigenvalue weighted by atomic mass is 9.93. The summed E-state index contributed by atoms with van der Waals surface area (Å²) >= 11 is 0. The van der Waals surface area contributed by atoms with Gasteiger partial charge in [0.2, 0.25) is 5.91 Å². The molecule has 4 heteroatoms. The first-order chi connectivity index (χ1) is 10.1. The number of benzene rings is 1. The Labute approximate surface area is 127 Å². The van der Waals surface area contributed by atoms with Gasteiger partial charge in [0.15, 0.2) is 0 Å². The lowest BCUT2D eigenvalue weighted by Gasteiger charge is -2.36. The topological polar surface area (TPSA) is 58.4 Å². The molecule has 0 saturated carbocycles. The summed E-state index contributed by atoms with van der Waals surface area (Å²) in [6, 6.07) is 8.31. The SMILES string of the molecule is CC1CCN(CCC(=O)Nc2cccc(CN)c2)C(C)C1. The number of carbonyl (C=O) groups excluding carboxylic acids is 1. The van der Waals surface area contributed by atoms with E-state index in [-0.39, 0.29) is 5.91 Å². The first kappa shape index (κ1) is 16.0. The van der Waals surface area contributed by atoms with Gasteiger partial charge in [0.05, 0.1) is 0 Å². The molecule has 1 aromatic rings. The van der Waals surface area contributed by atoms with E-state index < -0.39 is 0 Å². The van der Waals surface area contributed by atoms with Crippen LogP contribution in [0.1, 0.15) is 38.7 Å². The summed E-state index contributed by atoms with van der Waals surface area (Å²) in [5, 5.41) is 2.96. The molecule has 1 fully saturated rings. The summed E-state index contributed by atoms with van der Waals surface area (Å²) in [5.74, 6) is 0.888. The minimum absolute atomic E-state index is 0.0787. The summed E-state index contributed by atoms with van der Waals surface area (Å²) in [5.41, 5.74) is 7.48. The Bertz CT molecular complexity index is 475.